The third kappa shape index (κ3) is 4.58. The van der Waals surface area contributed by atoms with Crippen molar-refractivity contribution in [2.24, 2.45) is 7.05 Å². The Morgan fingerprint density at radius 2 is 2.00 bits per heavy atom. The van der Waals surface area contributed by atoms with Gasteiger partial charge in [-0.3, -0.25) is 4.79 Å². The van der Waals surface area contributed by atoms with E-state index in [0.29, 0.717) is 11.1 Å². The average Bonchev–Trinajstić information content (AvgIpc) is 3.23. The summed E-state index contributed by atoms with van der Waals surface area (Å²) < 4.78 is 16.6. The van der Waals surface area contributed by atoms with Crippen LogP contribution in [0.15, 0.2) is 60.9 Å². The van der Waals surface area contributed by atoms with Crippen molar-refractivity contribution in [1.29, 1.82) is 0 Å². The first-order chi connectivity index (χ1) is 15.9. The van der Waals surface area contributed by atoms with Gasteiger partial charge in [0, 0.05) is 24.4 Å². The zero-order valence-electron chi connectivity index (χ0n) is 18.2. The van der Waals surface area contributed by atoms with Crippen LogP contribution in [-0.2, 0) is 7.05 Å². The average molecular weight is 446 g/mol. The Balaban J connectivity index is 1.61. The van der Waals surface area contributed by atoms with Gasteiger partial charge in [-0.1, -0.05) is 41.1 Å². The number of nitrogens with zero attached hydrogens (tertiary/aromatic N) is 4. The molecule has 0 fully saturated rings. The zero-order chi connectivity index (χ0) is 23.5. The fourth-order valence-electron chi connectivity index (χ4n) is 3.62. The predicted molar refractivity (Wildman–Crippen MR) is 123 cm³/mol. The smallest absolute Gasteiger partial charge is 0.254 e. The van der Waals surface area contributed by atoms with Crippen LogP contribution < -0.4 is 11.1 Å². The molecule has 2 heterocycles. The van der Waals surface area contributed by atoms with E-state index in [0.717, 1.165) is 22.4 Å². The van der Waals surface area contributed by atoms with E-state index in [4.69, 9.17) is 5.73 Å². The normalized spacial score (nSPS) is 11.9. The summed E-state index contributed by atoms with van der Waals surface area (Å²) in [5, 5.41) is 20.2. The molecule has 0 spiro atoms. The number of rotatable bonds is 6. The van der Waals surface area contributed by atoms with Crippen molar-refractivity contribution in [3.8, 4) is 22.4 Å². The van der Waals surface area contributed by atoms with Crippen LogP contribution in [0, 0.1) is 12.7 Å². The summed E-state index contributed by atoms with van der Waals surface area (Å²) in [4.78, 5) is 16.9. The maximum atomic E-state index is 15.0. The Kier molecular flexibility index (Phi) is 6.14. The molecule has 1 unspecified atom stereocenters. The first kappa shape index (κ1) is 22.1. The lowest BCUT2D eigenvalue weighted by Crippen LogP contribution is -2.31. The highest BCUT2D eigenvalue weighted by Crippen LogP contribution is 2.30. The van der Waals surface area contributed by atoms with Crippen molar-refractivity contribution in [1.82, 2.24) is 25.3 Å². The summed E-state index contributed by atoms with van der Waals surface area (Å²) >= 11 is 0. The van der Waals surface area contributed by atoms with Gasteiger partial charge in [0.05, 0.1) is 30.1 Å². The number of carbonyl (C=O) groups excluding carboxylic acids is 1. The number of aryl methyl sites for hydroxylation is 2. The van der Waals surface area contributed by atoms with E-state index in [9.17, 15) is 14.3 Å². The number of hydrogen-bond acceptors (Lipinski definition) is 6. The molecule has 9 heteroatoms. The molecule has 33 heavy (non-hydrogen) atoms. The molecule has 4 aromatic rings. The van der Waals surface area contributed by atoms with Crippen LogP contribution in [-0.4, -0.2) is 37.6 Å². The number of carbonyl (C=O) groups is 1. The number of halogens is 1. The molecule has 0 bridgehead atoms. The SMILES string of the molecule is Cc1cccc(C(CO)NC(=O)c2ccc(-c3cc(-c4cnnn4C)cnc3N)cc2F)c1. The third-order valence-electron chi connectivity index (χ3n) is 5.39. The molecule has 4 rings (SSSR count). The lowest BCUT2D eigenvalue weighted by Gasteiger charge is -2.18. The minimum atomic E-state index is -0.710. The van der Waals surface area contributed by atoms with Gasteiger partial charge in [-0.2, -0.15) is 0 Å². The number of aromatic nitrogens is 4. The van der Waals surface area contributed by atoms with E-state index in [-0.39, 0.29) is 18.0 Å². The molecular weight excluding hydrogens is 423 g/mol. The van der Waals surface area contributed by atoms with Crippen molar-refractivity contribution < 1.29 is 14.3 Å². The van der Waals surface area contributed by atoms with Gasteiger partial charge in [0.2, 0.25) is 0 Å². The Morgan fingerprint density at radius 3 is 2.67 bits per heavy atom. The summed E-state index contributed by atoms with van der Waals surface area (Å²) in [6, 6.07) is 12.8. The quantitative estimate of drug-likeness (QED) is 0.419. The summed E-state index contributed by atoms with van der Waals surface area (Å²) in [6.45, 7) is 1.60. The molecule has 0 aliphatic carbocycles. The van der Waals surface area contributed by atoms with Gasteiger partial charge in [0.1, 0.15) is 11.6 Å². The predicted octanol–water partition coefficient (Wildman–Crippen LogP) is 3.04. The largest absolute Gasteiger partial charge is 0.394 e. The number of pyridine rings is 1. The van der Waals surface area contributed by atoms with Crippen LogP contribution in [0.2, 0.25) is 0 Å². The van der Waals surface area contributed by atoms with Crippen LogP contribution >= 0.6 is 0 Å². The van der Waals surface area contributed by atoms with Crippen molar-refractivity contribution in [3.63, 3.8) is 0 Å². The molecule has 1 amide bonds. The van der Waals surface area contributed by atoms with Crippen molar-refractivity contribution in [3.05, 3.63) is 83.4 Å². The Morgan fingerprint density at radius 1 is 1.18 bits per heavy atom. The molecule has 0 aliphatic rings. The van der Waals surface area contributed by atoms with Gasteiger partial charge in [-0.25, -0.2) is 14.1 Å². The van der Waals surface area contributed by atoms with E-state index in [1.54, 1.807) is 42.3 Å². The molecule has 2 aromatic carbocycles. The number of anilines is 1. The minimum Gasteiger partial charge on any atom is -0.394 e. The summed E-state index contributed by atoms with van der Waals surface area (Å²) in [7, 11) is 1.75. The van der Waals surface area contributed by atoms with Crippen LogP contribution in [0.4, 0.5) is 10.2 Å². The van der Waals surface area contributed by atoms with E-state index in [1.165, 1.54) is 12.1 Å². The molecule has 8 nitrogen and oxygen atoms in total. The number of hydrogen-bond donors (Lipinski definition) is 3. The van der Waals surface area contributed by atoms with Crippen molar-refractivity contribution in [2.75, 3.05) is 12.3 Å². The van der Waals surface area contributed by atoms with E-state index >= 15 is 0 Å². The molecular formula is C24H23FN6O2. The van der Waals surface area contributed by atoms with Crippen LogP contribution in [0.1, 0.15) is 27.5 Å². The van der Waals surface area contributed by atoms with Crippen LogP contribution in [0.3, 0.4) is 0 Å². The van der Waals surface area contributed by atoms with Crippen molar-refractivity contribution in [2.45, 2.75) is 13.0 Å². The first-order valence-electron chi connectivity index (χ1n) is 10.3. The summed E-state index contributed by atoms with van der Waals surface area (Å²) in [6.07, 6.45) is 3.19. The van der Waals surface area contributed by atoms with E-state index < -0.39 is 17.8 Å². The highest BCUT2D eigenvalue weighted by atomic mass is 19.1. The number of nitrogen functional groups attached to an aromatic ring is 1. The Bertz CT molecular complexity index is 1320. The van der Waals surface area contributed by atoms with Gasteiger partial charge in [-0.05, 0) is 36.2 Å². The Hall–Kier alpha value is -4.11. The van der Waals surface area contributed by atoms with E-state index in [1.807, 2.05) is 25.1 Å². The first-order valence-corrected chi connectivity index (χ1v) is 10.3. The van der Waals surface area contributed by atoms with Gasteiger partial charge >= 0.3 is 0 Å². The van der Waals surface area contributed by atoms with Gasteiger partial charge in [-0.15, -0.1) is 5.10 Å². The molecule has 0 radical (unpaired) electrons. The molecule has 168 valence electrons. The third-order valence-corrected chi connectivity index (χ3v) is 5.39. The van der Waals surface area contributed by atoms with Crippen molar-refractivity contribution >= 4 is 11.7 Å². The number of nitrogens with two attached hydrogens (primary N) is 1. The topological polar surface area (TPSA) is 119 Å². The van der Waals surface area contributed by atoms with Crippen LogP contribution in [0.5, 0.6) is 0 Å². The molecule has 4 N–H and O–H groups in total. The van der Waals surface area contributed by atoms with Gasteiger partial charge in [0.25, 0.3) is 5.91 Å². The minimum absolute atomic E-state index is 0.136. The van der Waals surface area contributed by atoms with E-state index in [2.05, 4.69) is 20.6 Å². The van der Waals surface area contributed by atoms with Gasteiger partial charge < -0.3 is 16.2 Å². The number of amides is 1. The maximum Gasteiger partial charge on any atom is 0.254 e. The fourth-order valence-corrected chi connectivity index (χ4v) is 3.62. The molecule has 0 aliphatic heterocycles. The molecule has 0 saturated heterocycles. The summed E-state index contributed by atoms with van der Waals surface area (Å²) in [5.41, 5.74) is 10.1. The standard InChI is InChI=1S/C24H23FN6O2/c1-14-4-3-5-16(8-14)21(13-32)29-24(33)18-7-6-15(10-20(18)25)19-9-17(11-27-23(19)26)22-12-28-30-31(22)2/h3-12,21,32H,13H2,1-2H3,(H2,26,27)(H,29,33). The zero-order valence-corrected chi connectivity index (χ0v) is 18.2. The highest BCUT2D eigenvalue weighted by molar-refractivity contribution is 5.95. The maximum absolute atomic E-state index is 15.0. The fraction of sp³-hybridized carbons (Fsp3) is 0.167. The number of nitrogens with one attached hydrogen (secondary N) is 1. The van der Waals surface area contributed by atoms with Gasteiger partial charge in [0.15, 0.2) is 0 Å². The second-order valence-corrected chi connectivity index (χ2v) is 7.72. The molecule has 0 saturated carbocycles. The lowest BCUT2D eigenvalue weighted by atomic mass is 10.0. The Labute approximate surface area is 189 Å². The second kappa shape index (κ2) is 9.17. The molecule has 2 aromatic heterocycles. The second-order valence-electron chi connectivity index (χ2n) is 7.72. The monoisotopic (exact) mass is 446 g/mol. The number of aliphatic hydroxyl groups is 1. The number of aliphatic hydroxyl groups excluding tert-OH is 1. The summed E-state index contributed by atoms with van der Waals surface area (Å²) in [5.74, 6) is -1.11. The lowest BCUT2D eigenvalue weighted by molar-refractivity contribution is 0.0912. The molecule has 1 atom stereocenters. The van der Waals surface area contributed by atoms with Crippen LogP contribution in [0.25, 0.3) is 22.4 Å². The highest BCUT2D eigenvalue weighted by Gasteiger charge is 2.19. The number of benzene rings is 2.